The van der Waals surface area contributed by atoms with Gasteiger partial charge < -0.3 is 14.8 Å². The van der Waals surface area contributed by atoms with E-state index in [0.29, 0.717) is 0 Å². The molecule has 90 valence electrons. The monoisotopic (exact) mass is 222 g/mol. The van der Waals surface area contributed by atoms with E-state index in [1.807, 2.05) is 0 Å². The van der Waals surface area contributed by atoms with Crippen LogP contribution in [0, 0.1) is 6.92 Å². The predicted molar refractivity (Wildman–Crippen MR) is 65.5 cm³/mol. The number of nitrogens with one attached hydrogen (secondary N) is 1. The molecule has 0 spiro atoms. The molecular formula is C12H22N4. The van der Waals surface area contributed by atoms with Gasteiger partial charge in [-0.2, -0.15) is 0 Å². The summed E-state index contributed by atoms with van der Waals surface area (Å²) in [6.45, 7) is 6.40. The van der Waals surface area contributed by atoms with Gasteiger partial charge in [-0.05, 0) is 34.0 Å². The summed E-state index contributed by atoms with van der Waals surface area (Å²) in [4.78, 5) is 6.87. The summed E-state index contributed by atoms with van der Waals surface area (Å²) >= 11 is 0. The van der Waals surface area contributed by atoms with E-state index >= 15 is 0 Å². The largest absolute Gasteiger partial charge is 0.332 e. The number of hydrogen-bond acceptors (Lipinski definition) is 3. The highest BCUT2D eigenvalue weighted by Gasteiger charge is 2.16. The second kappa shape index (κ2) is 4.97. The molecule has 2 rings (SSSR count). The van der Waals surface area contributed by atoms with Crippen molar-refractivity contribution in [1.29, 1.82) is 0 Å². The van der Waals surface area contributed by atoms with Crippen molar-refractivity contribution in [2.75, 3.05) is 27.2 Å². The second-order valence-corrected chi connectivity index (χ2v) is 4.79. The van der Waals surface area contributed by atoms with Crippen LogP contribution in [0.25, 0.3) is 0 Å². The third-order valence-corrected chi connectivity index (χ3v) is 3.16. The van der Waals surface area contributed by atoms with Crippen LogP contribution in [0.2, 0.25) is 0 Å². The fourth-order valence-corrected chi connectivity index (χ4v) is 2.35. The molecule has 0 aromatic carbocycles. The quantitative estimate of drug-likeness (QED) is 0.817. The van der Waals surface area contributed by atoms with Crippen LogP contribution < -0.4 is 5.32 Å². The smallest absolute Gasteiger partial charge is 0.106 e. The summed E-state index contributed by atoms with van der Waals surface area (Å²) in [6.07, 6.45) is 2.32. The van der Waals surface area contributed by atoms with E-state index in [1.165, 1.54) is 23.6 Å². The molecule has 2 heterocycles. The van der Waals surface area contributed by atoms with E-state index < -0.39 is 0 Å². The molecule has 0 radical (unpaired) electrons. The van der Waals surface area contributed by atoms with Gasteiger partial charge in [0.25, 0.3) is 0 Å². The van der Waals surface area contributed by atoms with Crippen molar-refractivity contribution < 1.29 is 0 Å². The molecule has 1 aromatic heterocycles. The van der Waals surface area contributed by atoms with Crippen LogP contribution in [0.1, 0.15) is 23.6 Å². The molecule has 0 bridgehead atoms. The highest BCUT2D eigenvalue weighted by molar-refractivity contribution is 5.19. The van der Waals surface area contributed by atoms with Gasteiger partial charge in [-0.3, -0.25) is 0 Å². The van der Waals surface area contributed by atoms with Gasteiger partial charge in [-0.1, -0.05) is 0 Å². The van der Waals surface area contributed by atoms with Gasteiger partial charge in [-0.15, -0.1) is 0 Å². The Bertz CT molecular complexity index is 354. The third kappa shape index (κ3) is 2.44. The summed E-state index contributed by atoms with van der Waals surface area (Å²) < 4.78 is 2.40. The number of imidazole rings is 1. The zero-order valence-corrected chi connectivity index (χ0v) is 10.6. The van der Waals surface area contributed by atoms with Gasteiger partial charge in [0.05, 0.1) is 5.69 Å². The van der Waals surface area contributed by atoms with E-state index in [-0.39, 0.29) is 0 Å². The Labute approximate surface area is 97.7 Å². The molecule has 0 amide bonds. The van der Waals surface area contributed by atoms with Crippen molar-refractivity contribution in [2.24, 2.45) is 0 Å². The van der Waals surface area contributed by atoms with Crippen molar-refractivity contribution in [3.8, 4) is 0 Å². The Morgan fingerprint density at radius 3 is 3.00 bits per heavy atom. The van der Waals surface area contributed by atoms with E-state index in [1.54, 1.807) is 0 Å². The van der Waals surface area contributed by atoms with E-state index in [0.717, 1.165) is 32.6 Å². The molecule has 1 aliphatic rings. The molecule has 1 aliphatic heterocycles. The Kier molecular flexibility index (Phi) is 3.61. The van der Waals surface area contributed by atoms with Crippen molar-refractivity contribution >= 4 is 0 Å². The van der Waals surface area contributed by atoms with Crippen molar-refractivity contribution in [2.45, 2.75) is 32.9 Å². The first-order valence-corrected chi connectivity index (χ1v) is 6.09. The average molecular weight is 222 g/mol. The van der Waals surface area contributed by atoms with Crippen molar-refractivity contribution in [1.82, 2.24) is 19.8 Å². The lowest BCUT2D eigenvalue weighted by molar-refractivity contribution is 0.383. The Morgan fingerprint density at radius 2 is 2.25 bits per heavy atom. The van der Waals surface area contributed by atoms with Crippen molar-refractivity contribution in [3.63, 3.8) is 0 Å². The van der Waals surface area contributed by atoms with Crippen LogP contribution in [0.4, 0.5) is 0 Å². The fourth-order valence-electron chi connectivity index (χ4n) is 2.35. The molecule has 1 N–H and O–H groups in total. The number of aryl methyl sites for hydroxylation is 1. The molecule has 0 unspecified atom stereocenters. The zero-order chi connectivity index (χ0) is 11.5. The van der Waals surface area contributed by atoms with Crippen LogP contribution >= 0.6 is 0 Å². The summed E-state index contributed by atoms with van der Waals surface area (Å²) in [5.41, 5.74) is 2.71. The van der Waals surface area contributed by atoms with Gasteiger partial charge in [0.2, 0.25) is 0 Å². The fraction of sp³-hybridized carbons (Fsp3) is 0.750. The number of fused-ring (bicyclic) bond motifs is 1. The molecular weight excluding hydrogens is 200 g/mol. The first kappa shape index (κ1) is 11.6. The Balaban J connectivity index is 2.05. The molecule has 4 heteroatoms. The van der Waals surface area contributed by atoms with E-state index in [4.69, 9.17) is 0 Å². The molecule has 1 aromatic rings. The predicted octanol–water partition coefficient (Wildman–Crippen LogP) is 0.789. The minimum Gasteiger partial charge on any atom is -0.332 e. The number of hydrogen-bond donors (Lipinski definition) is 1. The first-order chi connectivity index (χ1) is 7.68. The van der Waals surface area contributed by atoms with Crippen LogP contribution in [0.15, 0.2) is 0 Å². The zero-order valence-electron chi connectivity index (χ0n) is 10.6. The lowest BCUT2D eigenvalue weighted by Crippen LogP contribution is -2.25. The Hall–Kier alpha value is -0.870. The van der Waals surface area contributed by atoms with Gasteiger partial charge in [0.15, 0.2) is 0 Å². The minimum absolute atomic E-state index is 0.941. The third-order valence-electron chi connectivity index (χ3n) is 3.16. The van der Waals surface area contributed by atoms with Gasteiger partial charge in [-0.25, -0.2) is 4.98 Å². The SMILES string of the molecule is Cc1nc2c(n1CCCN(C)C)CCNC2. The van der Waals surface area contributed by atoms with Crippen LogP contribution in [0.3, 0.4) is 0 Å². The minimum atomic E-state index is 0.941. The van der Waals surface area contributed by atoms with Gasteiger partial charge in [0, 0.05) is 31.7 Å². The summed E-state index contributed by atoms with van der Waals surface area (Å²) in [5.74, 6) is 1.17. The molecule has 0 fully saturated rings. The molecule has 0 saturated heterocycles. The second-order valence-electron chi connectivity index (χ2n) is 4.79. The van der Waals surface area contributed by atoms with E-state index in [2.05, 4.69) is 40.8 Å². The highest BCUT2D eigenvalue weighted by atomic mass is 15.1. The van der Waals surface area contributed by atoms with Crippen molar-refractivity contribution in [3.05, 3.63) is 17.2 Å². The maximum Gasteiger partial charge on any atom is 0.106 e. The number of rotatable bonds is 4. The molecule has 0 saturated carbocycles. The first-order valence-electron chi connectivity index (χ1n) is 6.09. The topological polar surface area (TPSA) is 33.1 Å². The molecule has 16 heavy (non-hydrogen) atoms. The van der Waals surface area contributed by atoms with Crippen LogP contribution in [-0.4, -0.2) is 41.6 Å². The summed E-state index contributed by atoms with van der Waals surface area (Å²) in [6, 6.07) is 0. The van der Waals surface area contributed by atoms with Gasteiger partial charge >= 0.3 is 0 Å². The average Bonchev–Trinajstić information content (AvgIpc) is 2.55. The maximum absolute atomic E-state index is 4.64. The lowest BCUT2D eigenvalue weighted by atomic mass is 10.2. The molecule has 4 nitrogen and oxygen atoms in total. The standard InChI is InChI=1S/C12H22N4/c1-10-14-11-9-13-6-5-12(11)16(10)8-4-7-15(2)3/h13H,4-9H2,1-3H3. The maximum atomic E-state index is 4.64. The van der Waals surface area contributed by atoms with Gasteiger partial charge in [0.1, 0.15) is 5.82 Å². The molecule has 0 aliphatic carbocycles. The highest BCUT2D eigenvalue weighted by Crippen LogP contribution is 2.16. The van der Waals surface area contributed by atoms with Crippen LogP contribution in [-0.2, 0) is 19.5 Å². The Morgan fingerprint density at radius 1 is 1.44 bits per heavy atom. The summed E-state index contributed by atoms with van der Waals surface area (Å²) in [5, 5.41) is 3.37. The number of aromatic nitrogens is 2. The lowest BCUT2D eigenvalue weighted by Gasteiger charge is -2.16. The number of nitrogens with zero attached hydrogens (tertiary/aromatic N) is 3. The summed E-state index contributed by atoms with van der Waals surface area (Å²) in [7, 11) is 4.25. The van der Waals surface area contributed by atoms with Crippen LogP contribution in [0.5, 0.6) is 0 Å². The van der Waals surface area contributed by atoms with E-state index in [9.17, 15) is 0 Å². The normalized spacial score (nSPS) is 15.5. The molecule has 0 atom stereocenters.